The Morgan fingerprint density at radius 3 is 2.93 bits per heavy atom. The summed E-state index contributed by atoms with van der Waals surface area (Å²) in [6.07, 6.45) is 4.37. The second-order valence-corrected chi connectivity index (χ2v) is 4.68. The Labute approximate surface area is 86.8 Å². The molecule has 3 nitrogen and oxygen atoms in total. The average Bonchev–Trinajstić information content (AvgIpc) is 2.77. The van der Waals surface area contributed by atoms with Gasteiger partial charge in [-0.15, -0.1) is 0 Å². The minimum absolute atomic E-state index is 0.443. The zero-order valence-electron chi connectivity index (χ0n) is 9.33. The Balaban J connectivity index is 1.75. The molecule has 0 aliphatic carbocycles. The van der Waals surface area contributed by atoms with Crippen molar-refractivity contribution in [2.45, 2.75) is 44.4 Å². The average molecular weight is 198 g/mol. The lowest BCUT2D eigenvalue weighted by Crippen LogP contribution is -2.39. The summed E-state index contributed by atoms with van der Waals surface area (Å²) in [4.78, 5) is 2.61. The molecule has 2 saturated heterocycles. The molecule has 0 spiro atoms. The highest BCUT2D eigenvalue weighted by atomic mass is 16.5. The van der Waals surface area contributed by atoms with Gasteiger partial charge in [0.2, 0.25) is 0 Å². The lowest BCUT2D eigenvalue weighted by molar-refractivity contribution is 0.115. The molecule has 2 rings (SSSR count). The van der Waals surface area contributed by atoms with E-state index in [-0.39, 0.29) is 0 Å². The maximum absolute atomic E-state index is 5.35. The summed E-state index contributed by atoms with van der Waals surface area (Å²) in [6, 6.07) is 1.44. The number of ether oxygens (including phenoxy) is 1. The van der Waals surface area contributed by atoms with Gasteiger partial charge in [0.05, 0.1) is 6.10 Å². The molecule has 14 heavy (non-hydrogen) atoms. The highest BCUT2D eigenvalue weighted by Crippen LogP contribution is 2.19. The van der Waals surface area contributed by atoms with Gasteiger partial charge < -0.3 is 10.1 Å². The Morgan fingerprint density at radius 1 is 1.50 bits per heavy atom. The van der Waals surface area contributed by atoms with Crippen LogP contribution in [0.4, 0.5) is 0 Å². The predicted octanol–water partition coefficient (Wildman–Crippen LogP) is 0.848. The first-order valence-electron chi connectivity index (χ1n) is 5.80. The molecule has 3 heteroatoms. The van der Waals surface area contributed by atoms with E-state index >= 15 is 0 Å². The summed E-state index contributed by atoms with van der Waals surface area (Å²) in [7, 11) is 1.81. The first-order chi connectivity index (χ1) is 6.79. The van der Waals surface area contributed by atoms with Gasteiger partial charge in [0.15, 0.2) is 0 Å². The van der Waals surface area contributed by atoms with Crippen LogP contribution in [0.5, 0.6) is 0 Å². The molecule has 1 N–H and O–H groups in total. The third-order valence-electron chi connectivity index (χ3n) is 3.66. The topological polar surface area (TPSA) is 24.5 Å². The molecule has 3 unspecified atom stereocenters. The van der Waals surface area contributed by atoms with Gasteiger partial charge in [-0.2, -0.15) is 0 Å². The van der Waals surface area contributed by atoms with E-state index in [1.807, 2.05) is 7.11 Å². The molecule has 2 fully saturated rings. The van der Waals surface area contributed by atoms with Crippen LogP contribution in [0.3, 0.4) is 0 Å². The van der Waals surface area contributed by atoms with Crippen LogP contribution in [0.2, 0.25) is 0 Å². The summed E-state index contributed by atoms with van der Waals surface area (Å²) in [5, 5.41) is 3.54. The number of hydrogen-bond donors (Lipinski definition) is 1. The monoisotopic (exact) mass is 198 g/mol. The van der Waals surface area contributed by atoms with Crippen LogP contribution in [-0.4, -0.2) is 49.8 Å². The Morgan fingerprint density at radius 2 is 2.36 bits per heavy atom. The summed E-state index contributed by atoms with van der Waals surface area (Å²) < 4.78 is 5.35. The molecule has 2 aliphatic rings. The van der Waals surface area contributed by atoms with Gasteiger partial charge in [-0.05, 0) is 32.7 Å². The van der Waals surface area contributed by atoms with Crippen molar-refractivity contribution in [3.05, 3.63) is 0 Å². The quantitative estimate of drug-likeness (QED) is 0.727. The summed E-state index contributed by atoms with van der Waals surface area (Å²) >= 11 is 0. The molecule has 0 aromatic carbocycles. The number of hydrogen-bond acceptors (Lipinski definition) is 3. The lowest BCUT2D eigenvalue weighted by Gasteiger charge is -2.24. The van der Waals surface area contributed by atoms with Crippen LogP contribution >= 0.6 is 0 Å². The number of nitrogens with one attached hydrogen (secondary N) is 1. The third kappa shape index (κ3) is 2.27. The molecule has 0 amide bonds. The minimum Gasteiger partial charge on any atom is -0.380 e. The van der Waals surface area contributed by atoms with E-state index in [1.165, 1.54) is 32.4 Å². The van der Waals surface area contributed by atoms with Crippen molar-refractivity contribution in [1.29, 1.82) is 0 Å². The molecular formula is C11H22N2O. The third-order valence-corrected chi connectivity index (χ3v) is 3.66. The molecular weight excluding hydrogens is 176 g/mol. The van der Waals surface area contributed by atoms with Crippen LogP contribution in [0.15, 0.2) is 0 Å². The molecule has 2 aliphatic heterocycles. The van der Waals surface area contributed by atoms with E-state index in [9.17, 15) is 0 Å². The molecule has 82 valence electrons. The van der Waals surface area contributed by atoms with Crippen LogP contribution in [-0.2, 0) is 4.74 Å². The van der Waals surface area contributed by atoms with Crippen molar-refractivity contribution in [3.63, 3.8) is 0 Å². The Hall–Kier alpha value is -0.120. The van der Waals surface area contributed by atoms with Gasteiger partial charge in [-0.25, -0.2) is 0 Å². The maximum Gasteiger partial charge on any atom is 0.0711 e. The summed E-state index contributed by atoms with van der Waals surface area (Å²) in [5.41, 5.74) is 0. The lowest BCUT2D eigenvalue weighted by atomic mass is 10.2. The molecule has 0 aromatic heterocycles. The normalized spacial score (nSPS) is 39.4. The van der Waals surface area contributed by atoms with E-state index in [2.05, 4.69) is 17.1 Å². The fourth-order valence-electron chi connectivity index (χ4n) is 2.65. The fourth-order valence-corrected chi connectivity index (χ4v) is 2.65. The molecule has 3 atom stereocenters. The molecule has 0 radical (unpaired) electrons. The van der Waals surface area contributed by atoms with Crippen LogP contribution in [0, 0.1) is 0 Å². The zero-order valence-corrected chi connectivity index (χ0v) is 9.33. The van der Waals surface area contributed by atoms with Crippen molar-refractivity contribution in [2.75, 3.05) is 26.7 Å². The zero-order chi connectivity index (χ0) is 9.97. The molecule has 0 bridgehead atoms. The van der Waals surface area contributed by atoms with Crippen LogP contribution in [0.1, 0.15) is 26.2 Å². The summed E-state index contributed by atoms with van der Waals surface area (Å²) in [6.45, 7) is 5.87. The van der Waals surface area contributed by atoms with Crippen molar-refractivity contribution in [2.24, 2.45) is 0 Å². The fraction of sp³-hybridized carbons (Fsp3) is 1.00. The van der Waals surface area contributed by atoms with Gasteiger partial charge >= 0.3 is 0 Å². The minimum atomic E-state index is 0.443. The SMILES string of the molecule is COC1CNC(CN2CCCC2C)C1. The van der Waals surface area contributed by atoms with Gasteiger partial charge in [-0.1, -0.05) is 0 Å². The first-order valence-corrected chi connectivity index (χ1v) is 5.80. The molecule has 0 aromatic rings. The Bertz CT molecular complexity index is 186. The van der Waals surface area contributed by atoms with Gasteiger partial charge in [-0.3, -0.25) is 4.90 Å². The molecule has 2 heterocycles. The van der Waals surface area contributed by atoms with Gasteiger partial charge in [0.25, 0.3) is 0 Å². The van der Waals surface area contributed by atoms with Gasteiger partial charge in [0, 0.05) is 32.3 Å². The first kappa shape index (κ1) is 10.4. The second-order valence-electron chi connectivity index (χ2n) is 4.68. The van der Waals surface area contributed by atoms with Crippen molar-refractivity contribution in [3.8, 4) is 0 Å². The van der Waals surface area contributed by atoms with E-state index in [4.69, 9.17) is 4.74 Å². The standard InChI is InChI=1S/C11H22N2O/c1-9-4-3-5-13(9)8-10-6-11(14-2)7-12-10/h9-12H,3-8H2,1-2H3. The van der Waals surface area contributed by atoms with Crippen molar-refractivity contribution >= 4 is 0 Å². The van der Waals surface area contributed by atoms with E-state index in [1.54, 1.807) is 0 Å². The van der Waals surface area contributed by atoms with Crippen LogP contribution in [0.25, 0.3) is 0 Å². The highest BCUT2D eigenvalue weighted by molar-refractivity contribution is 4.87. The van der Waals surface area contributed by atoms with Crippen LogP contribution < -0.4 is 5.32 Å². The summed E-state index contributed by atoms with van der Waals surface area (Å²) in [5.74, 6) is 0. The van der Waals surface area contributed by atoms with E-state index in [0.717, 1.165) is 12.6 Å². The maximum atomic E-state index is 5.35. The number of methoxy groups -OCH3 is 1. The smallest absolute Gasteiger partial charge is 0.0711 e. The largest absolute Gasteiger partial charge is 0.380 e. The number of nitrogens with zero attached hydrogens (tertiary/aromatic N) is 1. The highest BCUT2D eigenvalue weighted by Gasteiger charge is 2.28. The number of likely N-dealkylation sites (tertiary alicyclic amines) is 1. The van der Waals surface area contributed by atoms with Crippen molar-refractivity contribution < 1.29 is 4.74 Å². The Kier molecular flexibility index (Phi) is 3.42. The van der Waals surface area contributed by atoms with E-state index < -0.39 is 0 Å². The second kappa shape index (κ2) is 4.60. The molecule has 0 saturated carbocycles. The van der Waals surface area contributed by atoms with Gasteiger partial charge in [0.1, 0.15) is 0 Å². The number of rotatable bonds is 3. The van der Waals surface area contributed by atoms with Crippen molar-refractivity contribution in [1.82, 2.24) is 10.2 Å². The predicted molar refractivity (Wildman–Crippen MR) is 57.5 cm³/mol. The van der Waals surface area contributed by atoms with E-state index in [0.29, 0.717) is 12.1 Å².